The summed E-state index contributed by atoms with van der Waals surface area (Å²) in [6.45, 7) is 6.04. The molecule has 1 unspecified atom stereocenters. The molecular weight excluding hydrogens is 344 g/mol. The largest absolute Gasteiger partial charge is 0.338 e. The van der Waals surface area contributed by atoms with Crippen molar-refractivity contribution in [2.24, 2.45) is 0 Å². The minimum Gasteiger partial charge on any atom is -0.338 e. The van der Waals surface area contributed by atoms with Crippen LogP contribution in [0.1, 0.15) is 42.3 Å². The molecule has 0 fully saturated rings. The molecule has 0 radical (unpaired) electrons. The molecule has 1 amide bonds. The molecule has 0 saturated heterocycles. The van der Waals surface area contributed by atoms with Crippen LogP contribution < -0.4 is 0 Å². The van der Waals surface area contributed by atoms with E-state index in [1.54, 1.807) is 13.8 Å². The van der Waals surface area contributed by atoms with Gasteiger partial charge in [0.15, 0.2) is 0 Å². The first-order valence-corrected chi connectivity index (χ1v) is 9.47. The number of rotatable bonds is 6. The van der Waals surface area contributed by atoms with Crippen molar-refractivity contribution in [2.45, 2.75) is 59.0 Å². The van der Waals surface area contributed by atoms with E-state index in [0.29, 0.717) is 17.9 Å². The number of amides is 1. The zero-order chi connectivity index (χ0) is 19.6. The summed E-state index contributed by atoms with van der Waals surface area (Å²) < 4.78 is 1.47. The highest BCUT2D eigenvalue weighted by molar-refractivity contribution is 5.76. The van der Waals surface area contributed by atoms with Crippen molar-refractivity contribution in [3.63, 3.8) is 0 Å². The number of nitro groups is 1. The van der Waals surface area contributed by atoms with Gasteiger partial charge in [-0.25, -0.2) is 0 Å². The van der Waals surface area contributed by atoms with Gasteiger partial charge in [-0.2, -0.15) is 5.10 Å². The molecule has 7 nitrogen and oxygen atoms in total. The summed E-state index contributed by atoms with van der Waals surface area (Å²) in [5.41, 5.74) is 3.45. The van der Waals surface area contributed by atoms with E-state index in [1.807, 2.05) is 11.0 Å². The predicted octanol–water partition coefficient (Wildman–Crippen LogP) is 3.20. The summed E-state index contributed by atoms with van der Waals surface area (Å²) in [6.07, 6.45) is 3.65. The molecular formula is C20H26N4O3. The molecule has 0 saturated carbocycles. The van der Waals surface area contributed by atoms with Crippen molar-refractivity contribution in [3.8, 4) is 0 Å². The summed E-state index contributed by atoms with van der Waals surface area (Å²) >= 11 is 0. The van der Waals surface area contributed by atoms with Gasteiger partial charge in [-0.3, -0.25) is 19.6 Å². The second-order valence-electron chi connectivity index (χ2n) is 7.19. The van der Waals surface area contributed by atoms with Crippen molar-refractivity contribution in [2.75, 3.05) is 6.54 Å². The normalized spacial score (nSPS) is 16.0. The van der Waals surface area contributed by atoms with E-state index in [4.69, 9.17) is 0 Å². The summed E-state index contributed by atoms with van der Waals surface area (Å²) in [5.74, 6) is -0.0262. The summed E-state index contributed by atoms with van der Waals surface area (Å²) in [6, 6.07) is 8.57. The van der Waals surface area contributed by atoms with E-state index in [9.17, 15) is 14.9 Å². The van der Waals surface area contributed by atoms with Gasteiger partial charge < -0.3 is 4.90 Å². The van der Waals surface area contributed by atoms with E-state index in [-0.39, 0.29) is 24.2 Å². The Morgan fingerprint density at radius 3 is 2.67 bits per heavy atom. The molecule has 3 rings (SSSR count). The molecule has 7 heteroatoms. The molecule has 1 aliphatic rings. The molecule has 1 atom stereocenters. The highest BCUT2D eigenvalue weighted by atomic mass is 16.6. The van der Waals surface area contributed by atoms with Gasteiger partial charge in [-0.15, -0.1) is 0 Å². The predicted molar refractivity (Wildman–Crippen MR) is 103 cm³/mol. The molecule has 144 valence electrons. The number of aryl methyl sites for hydroxylation is 2. The van der Waals surface area contributed by atoms with Gasteiger partial charge in [0.2, 0.25) is 5.91 Å². The molecule has 27 heavy (non-hydrogen) atoms. The lowest BCUT2D eigenvalue weighted by atomic mass is 9.87. The van der Waals surface area contributed by atoms with Crippen LogP contribution in [0.3, 0.4) is 0 Å². The summed E-state index contributed by atoms with van der Waals surface area (Å²) in [5, 5.41) is 15.4. The number of fused-ring (bicyclic) bond motifs is 1. The third-order valence-corrected chi connectivity index (χ3v) is 5.36. The Bertz CT molecular complexity index is 859. The minimum atomic E-state index is -0.430. The maximum absolute atomic E-state index is 13.1. The van der Waals surface area contributed by atoms with Gasteiger partial charge in [-0.05, 0) is 50.7 Å². The zero-order valence-corrected chi connectivity index (χ0v) is 16.1. The minimum absolute atomic E-state index is 0.00330. The van der Waals surface area contributed by atoms with Gasteiger partial charge in [0.05, 0.1) is 4.92 Å². The van der Waals surface area contributed by atoms with Crippen LogP contribution in [0.2, 0.25) is 0 Å². The Balaban J connectivity index is 1.79. The van der Waals surface area contributed by atoms with Crippen molar-refractivity contribution in [3.05, 3.63) is 56.9 Å². The molecule has 1 aromatic heterocycles. The molecule has 1 aliphatic carbocycles. The number of carbonyl (C=O) groups is 1. The molecule has 1 heterocycles. The van der Waals surface area contributed by atoms with Gasteiger partial charge >= 0.3 is 5.69 Å². The SMILES string of the molecule is CCCN(C(=O)Cn1nc(C)c([N+](=O)[O-])c1C)C1CCc2ccccc2C1. The third kappa shape index (κ3) is 3.86. The first kappa shape index (κ1) is 19.1. The van der Waals surface area contributed by atoms with E-state index in [0.717, 1.165) is 25.7 Å². The Kier molecular flexibility index (Phi) is 5.58. The highest BCUT2D eigenvalue weighted by Gasteiger charge is 2.29. The van der Waals surface area contributed by atoms with Crippen LogP contribution >= 0.6 is 0 Å². The monoisotopic (exact) mass is 370 g/mol. The number of hydrogen-bond acceptors (Lipinski definition) is 4. The Hall–Kier alpha value is -2.70. The second-order valence-corrected chi connectivity index (χ2v) is 7.19. The smallest absolute Gasteiger partial charge is 0.312 e. The van der Waals surface area contributed by atoms with Crippen molar-refractivity contribution in [1.82, 2.24) is 14.7 Å². The zero-order valence-electron chi connectivity index (χ0n) is 16.1. The van der Waals surface area contributed by atoms with Crippen LogP contribution in [0.5, 0.6) is 0 Å². The van der Waals surface area contributed by atoms with Crippen LogP contribution in [-0.2, 0) is 24.2 Å². The first-order valence-electron chi connectivity index (χ1n) is 9.47. The molecule has 0 N–H and O–H groups in total. The van der Waals surface area contributed by atoms with Gasteiger partial charge in [0, 0.05) is 12.6 Å². The fourth-order valence-electron chi connectivity index (χ4n) is 4.02. The number of aromatic nitrogens is 2. The van der Waals surface area contributed by atoms with E-state index < -0.39 is 4.92 Å². The van der Waals surface area contributed by atoms with Crippen LogP contribution in [0, 0.1) is 24.0 Å². The standard InChI is InChI=1S/C20H26N4O3/c1-4-11-22(18-10-9-16-7-5-6-8-17(16)12-18)19(25)13-23-15(3)20(24(26)27)14(2)21-23/h5-8,18H,4,9-13H2,1-3H3. The van der Waals surface area contributed by atoms with Crippen molar-refractivity contribution >= 4 is 11.6 Å². The van der Waals surface area contributed by atoms with Gasteiger partial charge in [0.1, 0.15) is 17.9 Å². The maximum atomic E-state index is 13.1. The van der Waals surface area contributed by atoms with E-state index >= 15 is 0 Å². The van der Waals surface area contributed by atoms with Crippen LogP contribution in [0.4, 0.5) is 5.69 Å². The number of benzene rings is 1. The fourth-order valence-corrected chi connectivity index (χ4v) is 4.02. The number of nitrogens with zero attached hydrogens (tertiary/aromatic N) is 4. The quantitative estimate of drug-likeness (QED) is 0.577. The fraction of sp³-hybridized carbons (Fsp3) is 0.500. The topological polar surface area (TPSA) is 81.3 Å². The van der Waals surface area contributed by atoms with E-state index in [1.165, 1.54) is 15.8 Å². The number of carbonyl (C=O) groups excluding carboxylic acids is 1. The summed E-state index contributed by atoms with van der Waals surface area (Å²) in [4.78, 5) is 25.8. The maximum Gasteiger partial charge on any atom is 0.312 e. The summed E-state index contributed by atoms with van der Waals surface area (Å²) in [7, 11) is 0. The number of hydrogen-bond donors (Lipinski definition) is 0. The Labute approximate surface area is 159 Å². The Morgan fingerprint density at radius 1 is 1.33 bits per heavy atom. The third-order valence-electron chi connectivity index (χ3n) is 5.36. The molecule has 0 spiro atoms. The molecule has 2 aromatic rings. The average molecular weight is 370 g/mol. The van der Waals surface area contributed by atoms with Crippen molar-refractivity contribution in [1.29, 1.82) is 0 Å². The van der Waals surface area contributed by atoms with Gasteiger partial charge in [-0.1, -0.05) is 31.2 Å². The average Bonchev–Trinajstić information content (AvgIpc) is 2.92. The highest BCUT2D eigenvalue weighted by Crippen LogP contribution is 2.26. The lowest BCUT2D eigenvalue weighted by molar-refractivity contribution is -0.386. The van der Waals surface area contributed by atoms with Crippen LogP contribution in [0.15, 0.2) is 24.3 Å². The Morgan fingerprint density at radius 2 is 2.04 bits per heavy atom. The van der Waals surface area contributed by atoms with Crippen LogP contribution in [0.25, 0.3) is 0 Å². The van der Waals surface area contributed by atoms with Crippen molar-refractivity contribution < 1.29 is 9.72 Å². The van der Waals surface area contributed by atoms with E-state index in [2.05, 4.69) is 30.2 Å². The lowest BCUT2D eigenvalue weighted by Crippen LogP contribution is -2.45. The van der Waals surface area contributed by atoms with Gasteiger partial charge in [0.25, 0.3) is 0 Å². The molecule has 0 bridgehead atoms. The second kappa shape index (κ2) is 7.90. The lowest BCUT2D eigenvalue weighted by Gasteiger charge is -2.35. The molecule has 0 aliphatic heterocycles. The van der Waals surface area contributed by atoms with Crippen LogP contribution in [-0.4, -0.2) is 38.1 Å². The molecule has 1 aromatic carbocycles. The first-order chi connectivity index (χ1) is 12.9.